The Morgan fingerprint density at radius 3 is 2.84 bits per heavy atom. The molecule has 0 aromatic rings. The lowest BCUT2D eigenvalue weighted by atomic mass is 9.65. The Balaban J connectivity index is 1.80. The van der Waals surface area contributed by atoms with E-state index in [9.17, 15) is 4.79 Å². The summed E-state index contributed by atoms with van der Waals surface area (Å²) in [7, 11) is 0. The predicted octanol–water partition coefficient (Wildman–Crippen LogP) is 1.88. The van der Waals surface area contributed by atoms with Gasteiger partial charge in [-0.15, -0.1) is 0 Å². The third kappa shape index (κ3) is 1.56. The number of rotatable bonds is 0. The Labute approximate surface area is 112 Å². The molecule has 102 valence electrons. The first-order valence-electron chi connectivity index (χ1n) is 7.16. The Bertz CT molecular complexity index is 500. The molecule has 0 aromatic heterocycles. The first kappa shape index (κ1) is 11.7. The lowest BCUT2D eigenvalue weighted by Crippen LogP contribution is -2.53. The fourth-order valence-electron chi connectivity index (χ4n) is 4.17. The molecule has 1 N–H and O–H groups in total. The van der Waals surface area contributed by atoms with Crippen LogP contribution in [0.3, 0.4) is 0 Å². The van der Waals surface area contributed by atoms with Gasteiger partial charge in [-0.25, -0.2) is 0 Å². The molecule has 1 amide bonds. The monoisotopic (exact) mass is 261 g/mol. The van der Waals surface area contributed by atoms with E-state index in [0.29, 0.717) is 19.6 Å². The minimum absolute atomic E-state index is 0.154. The molecule has 0 radical (unpaired) electrons. The van der Waals surface area contributed by atoms with Gasteiger partial charge in [0.1, 0.15) is 0 Å². The van der Waals surface area contributed by atoms with Crippen molar-refractivity contribution in [3.63, 3.8) is 0 Å². The Morgan fingerprint density at radius 2 is 2.05 bits per heavy atom. The van der Waals surface area contributed by atoms with Gasteiger partial charge in [0.05, 0.1) is 13.2 Å². The van der Waals surface area contributed by atoms with Gasteiger partial charge in [0.2, 0.25) is 5.91 Å². The van der Waals surface area contributed by atoms with Crippen molar-refractivity contribution in [3.8, 4) is 0 Å². The maximum atomic E-state index is 11.6. The molecule has 1 saturated heterocycles. The van der Waals surface area contributed by atoms with Gasteiger partial charge in [0.15, 0.2) is 5.79 Å². The Hall–Kier alpha value is -1.13. The van der Waals surface area contributed by atoms with Crippen molar-refractivity contribution in [1.29, 1.82) is 0 Å². The first-order chi connectivity index (χ1) is 9.19. The molecule has 0 aromatic carbocycles. The number of nitrogens with one attached hydrogen (secondary N) is 1. The smallest absolute Gasteiger partial charge is 0.224 e. The maximum absolute atomic E-state index is 11.6. The van der Waals surface area contributed by atoms with Gasteiger partial charge in [-0.3, -0.25) is 4.79 Å². The summed E-state index contributed by atoms with van der Waals surface area (Å²) in [5.74, 6) is 0.238. The molecular formula is C15H19NO3. The zero-order chi connectivity index (χ0) is 13.0. The maximum Gasteiger partial charge on any atom is 0.224 e. The fraction of sp³-hybridized carbons (Fsp3) is 0.667. The third-order valence-corrected chi connectivity index (χ3v) is 4.90. The van der Waals surface area contributed by atoms with Crippen molar-refractivity contribution >= 4 is 5.91 Å². The molecule has 2 atom stereocenters. The number of ether oxygens (including phenoxy) is 2. The summed E-state index contributed by atoms with van der Waals surface area (Å²) >= 11 is 0. The standard InChI is InChI=1S/C15H19NO3/c1-9-6-10-8-13-11(2-3-14(17)16-13)12(7-9)15(10)18-4-5-19-15/h6,10,12H,2-5,7-8H2,1H3,(H,16,17)/t10-,12+/m0/s1. The molecule has 1 fully saturated rings. The number of allylic oxidation sites excluding steroid dienone is 2. The second-order valence-electron chi connectivity index (χ2n) is 6.05. The molecule has 4 aliphatic rings. The SMILES string of the molecule is CC1=C[C@H]2CC3=C(CCC(=O)N3)[C@@H](C1)C21OCCO1. The molecule has 4 nitrogen and oxygen atoms in total. The summed E-state index contributed by atoms with van der Waals surface area (Å²) in [4.78, 5) is 11.6. The van der Waals surface area contributed by atoms with Gasteiger partial charge < -0.3 is 14.8 Å². The zero-order valence-corrected chi connectivity index (χ0v) is 11.2. The van der Waals surface area contributed by atoms with Crippen molar-refractivity contribution < 1.29 is 14.3 Å². The van der Waals surface area contributed by atoms with Crippen molar-refractivity contribution in [2.45, 2.75) is 38.4 Å². The van der Waals surface area contributed by atoms with Crippen molar-refractivity contribution in [1.82, 2.24) is 5.32 Å². The van der Waals surface area contributed by atoms with E-state index in [4.69, 9.17) is 9.47 Å². The lowest BCUT2D eigenvalue weighted by molar-refractivity contribution is -0.222. The molecule has 2 aliphatic carbocycles. The van der Waals surface area contributed by atoms with Gasteiger partial charge in [-0.1, -0.05) is 11.6 Å². The largest absolute Gasteiger partial charge is 0.346 e. The van der Waals surface area contributed by atoms with E-state index in [1.54, 1.807) is 0 Å². The quantitative estimate of drug-likeness (QED) is 0.677. The van der Waals surface area contributed by atoms with Gasteiger partial charge in [-0.2, -0.15) is 0 Å². The number of hydrogen-bond donors (Lipinski definition) is 1. The van der Waals surface area contributed by atoms with Crippen LogP contribution >= 0.6 is 0 Å². The summed E-state index contributed by atoms with van der Waals surface area (Å²) < 4.78 is 12.1. The van der Waals surface area contributed by atoms with Gasteiger partial charge in [-0.05, 0) is 31.8 Å². The van der Waals surface area contributed by atoms with Crippen LogP contribution in [-0.4, -0.2) is 24.9 Å². The predicted molar refractivity (Wildman–Crippen MR) is 69.0 cm³/mol. The average Bonchev–Trinajstić information content (AvgIpc) is 2.82. The van der Waals surface area contributed by atoms with Crippen LogP contribution in [0, 0.1) is 11.8 Å². The van der Waals surface area contributed by atoms with E-state index in [1.165, 1.54) is 11.1 Å². The van der Waals surface area contributed by atoms with Crippen LogP contribution in [0.15, 0.2) is 22.9 Å². The summed E-state index contributed by atoms with van der Waals surface area (Å²) in [6.07, 6.45) is 5.58. The number of hydrogen-bond acceptors (Lipinski definition) is 3. The van der Waals surface area contributed by atoms with Gasteiger partial charge in [0.25, 0.3) is 0 Å². The van der Waals surface area contributed by atoms with Crippen molar-refractivity contribution in [2.24, 2.45) is 11.8 Å². The summed E-state index contributed by atoms with van der Waals surface area (Å²) in [6.45, 7) is 3.57. The summed E-state index contributed by atoms with van der Waals surface area (Å²) in [5, 5.41) is 3.07. The first-order valence-corrected chi connectivity index (χ1v) is 7.16. The van der Waals surface area contributed by atoms with Gasteiger partial charge >= 0.3 is 0 Å². The normalized spacial score (nSPS) is 36.1. The Kier molecular flexibility index (Phi) is 2.42. The van der Waals surface area contributed by atoms with Crippen molar-refractivity contribution in [3.05, 3.63) is 22.9 Å². The molecule has 4 rings (SSSR count). The van der Waals surface area contributed by atoms with E-state index in [2.05, 4.69) is 18.3 Å². The van der Waals surface area contributed by atoms with Crippen LogP contribution in [0.25, 0.3) is 0 Å². The van der Waals surface area contributed by atoms with Gasteiger partial charge in [0, 0.05) is 24.0 Å². The molecule has 0 unspecified atom stereocenters. The number of carbonyl (C=O) groups excluding carboxylic acids is 1. The van der Waals surface area contributed by atoms with Crippen LogP contribution in [0.5, 0.6) is 0 Å². The number of fused-ring (bicyclic) bond motifs is 1. The van der Waals surface area contributed by atoms with Crippen LogP contribution in [0.4, 0.5) is 0 Å². The van der Waals surface area contributed by atoms with Crippen molar-refractivity contribution in [2.75, 3.05) is 13.2 Å². The average molecular weight is 261 g/mol. The highest BCUT2D eigenvalue weighted by molar-refractivity contribution is 5.80. The minimum atomic E-state index is -0.444. The highest BCUT2D eigenvalue weighted by Gasteiger charge is 2.56. The third-order valence-electron chi connectivity index (χ3n) is 4.90. The van der Waals surface area contributed by atoms with E-state index in [-0.39, 0.29) is 17.7 Å². The second-order valence-corrected chi connectivity index (χ2v) is 6.05. The van der Waals surface area contributed by atoms with E-state index in [1.807, 2.05) is 0 Å². The molecular weight excluding hydrogens is 242 g/mol. The number of amides is 1. The molecule has 1 spiro atoms. The molecule has 0 saturated carbocycles. The second kappa shape index (κ2) is 3.93. The lowest BCUT2D eigenvalue weighted by Gasteiger charge is -2.50. The highest BCUT2D eigenvalue weighted by atomic mass is 16.7. The topological polar surface area (TPSA) is 47.6 Å². The van der Waals surface area contributed by atoms with E-state index >= 15 is 0 Å². The minimum Gasteiger partial charge on any atom is -0.346 e. The zero-order valence-electron chi connectivity index (χ0n) is 11.2. The number of carbonyl (C=O) groups is 1. The van der Waals surface area contributed by atoms with E-state index < -0.39 is 5.79 Å². The molecule has 4 heteroatoms. The van der Waals surface area contributed by atoms with Crippen LogP contribution < -0.4 is 5.32 Å². The highest BCUT2D eigenvalue weighted by Crippen LogP contribution is 2.54. The van der Waals surface area contributed by atoms with Crippen LogP contribution in [-0.2, 0) is 14.3 Å². The summed E-state index contributed by atoms with van der Waals surface area (Å²) in [5.41, 5.74) is 3.92. The fourth-order valence-corrected chi connectivity index (χ4v) is 4.17. The van der Waals surface area contributed by atoms with Crippen LogP contribution in [0.1, 0.15) is 32.6 Å². The van der Waals surface area contributed by atoms with Crippen LogP contribution in [0.2, 0.25) is 0 Å². The summed E-state index contributed by atoms with van der Waals surface area (Å²) in [6, 6.07) is 0. The molecule has 19 heavy (non-hydrogen) atoms. The molecule has 2 heterocycles. The Morgan fingerprint density at radius 1 is 1.26 bits per heavy atom. The molecule has 2 aliphatic heterocycles. The molecule has 2 bridgehead atoms. The van der Waals surface area contributed by atoms with E-state index in [0.717, 1.165) is 25.0 Å².